The molecule has 0 atom stereocenters. The van der Waals surface area contributed by atoms with Crippen LogP contribution in [0.3, 0.4) is 0 Å². The summed E-state index contributed by atoms with van der Waals surface area (Å²) in [7, 11) is -1.83. The molecule has 3 N–H and O–H groups in total. The standard InChI is InChI=1S/C13H17ClN4O2S/c1-15-7-10-2-3-12(14)13(6-10)21(19,20)18-5-4-11-8-16-9-17-11/h2-3,6,8-9,15,18H,4-5,7H2,1H3,(H,16,17). The van der Waals surface area contributed by atoms with Crippen molar-refractivity contribution >= 4 is 21.6 Å². The van der Waals surface area contributed by atoms with E-state index in [9.17, 15) is 8.42 Å². The Labute approximate surface area is 129 Å². The topological polar surface area (TPSA) is 86.9 Å². The number of hydrogen-bond acceptors (Lipinski definition) is 4. The van der Waals surface area contributed by atoms with Crippen molar-refractivity contribution < 1.29 is 8.42 Å². The van der Waals surface area contributed by atoms with Crippen LogP contribution in [0.1, 0.15) is 11.3 Å². The number of rotatable bonds is 7. The predicted molar refractivity (Wildman–Crippen MR) is 81.7 cm³/mol. The Bertz CT molecular complexity index is 686. The molecular formula is C13H17ClN4O2S. The van der Waals surface area contributed by atoms with Crippen molar-refractivity contribution in [3.05, 3.63) is 47.0 Å². The zero-order chi connectivity index (χ0) is 15.3. The molecule has 0 aliphatic carbocycles. The van der Waals surface area contributed by atoms with E-state index in [4.69, 9.17) is 11.6 Å². The van der Waals surface area contributed by atoms with Crippen LogP contribution < -0.4 is 10.0 Å². The molecule has 0 saturated heterocycles. The molecule has 1 aromatic carbocycles. The summed E-state index contributed by atoms with van der Waals surface area (Å²) >= 11 is 6.00. The molecule has 2 rings (SSSR count). The number of halogens is 1. The smallest absolute Gasteiger partial charge is 0.242 e. The Morgan fingerprint density at radius 2 is 2.19 bits per heavy atom. The number of aromatic amines is 1. The molecular weight excluding hydrogens is 312 g/mol. The molecule has 21 heavy (non-hydrogen) atoms. The maximum Gasteiger partial charge on any atom is 0.242 e. The zero-order valence-electron chi connectivity index (χ0n) is 11.6. The van der Waals surface area contributed by atoms with Crippen LogP contribution in [0, 0.1) is 0 Å². The van der Waals surface area contributed by atoms with E-state index in [0.717, 1.165) is 11.3 Å². The van der Waals surface area contributed by atoms with E-state index in [1.165, 1.54) is 0 Å². The van der Waals surface area contributed by atoms with Gasteiger partial charge in [-0.25, -0.2) is 18.1 Å². The van der Waals surface area contributed by atoms with Gasteiger partial charge in [-0.2, -0.15) is 0 Å². The number of nitrogens with one attached hydrogen (secondary N) is 3. The second kappa shape index (κ2) is 7.04. The SMILES string of the molecule is CNCc1ccc(Cl)c(S(=O)(=O)NCCc2cnc[nH]2)c1. The zero-order valence-corrected chi connectivity index (χ0v) is 13.1. The van der Waals surface area contributed by atoms with Gasteiger partial charge in [-0.1, -0.05) is 17.7 Å². The highest BCUT2D eigenvalue weighted by Gasteiger charge is 2.18. The third-order valence-electron chi connectivity index (χ3n) is 2.91. The van der Waals surface area contributed by atoms with Crippen molar-refractivity contribution in [2.75, 3.05) is 13.6 Å². The fraction of sp³-hybridized carbons (Fsp3) is 0.308. The van der Waals surface area contributed by atoms with Crippen molar-refractivity contribution in [2.45, 2.75) is 17.9 Å². The average Bonchev–Trinajstić information content (AvgIpc) is 2.94. The lowest BCUT2D eigenvalue weighted by molar-refractivity contribution is 0.581. The number of aromatic nitrogens is 2. The van der Waals surface area contributed by atoms with Gasteiger partial charge in [0.05, 0.1) is 11.3 Å². The number of benzene rings is 1. The summed E-state index contributed by atoms with van der Waals surface area (Å²) in [5, 5.41) is 3.19. The van der Waals surface area contributed by atoms with Crippen LogP contribution >= 0.6 is 11.6 Å². The Kier molecular flexibility index (Phi) is 5.35. The summed E-state index contributed by atoms with van der Waals surface area (Å²) in [4.78, 5) is 6.90. The van der Waals surface area contributed by atoms with Gasteiger partial charge in [0.15, 0.2) is 0 Å². The van der Waals surface area contributed by atoms with Crippen LogP contribution in [0.4, 0.5) is 0 Å². The van der Waals surface area contributed by atoms with Crippen LogP contribution in [-0.2, 0) is 23.0 Å². The first-order valence-electron chi connectivity index (χ1n) is 6.43. The normalized spacial score (nSPS) is 11.7. The van der Waals surface area contributed by atoms with Crippen LogP contribution in [0.2, 0.25) is 5.02 Å². The third kappa shape index (κ3) is 4.28. The summed E-state index contributed by atoms with van der Waals surface area (Å²) in [5.74, 6) is 0. The highest BCUT2D eigenvalue weighted by molar-refractivity contribution is 7.89. The van der Waals surface area contributed by atoms with Gasteiger partial charge >= 0.3 is 0 Å². The van der Waals surface area contributed by atoms with Gasteiger partial charge in [-0.3, -0.25) is 0 Å². The fourth-order valence-electron chi connectivity index (χ4n) is 1.89. The van der Waals surface area contributed by atoms with Gasteiger partial charge in [-0.05, 0) is 24.7 Å². The van der Waals surface area contributed by atoms with Gasteiger partial charge in [0, 0.05) is 31.4 Å². The molecule has 0 fully saturated rings. The van der Waals surface area contributed by atoms with Crippen molar-refractivity contribution in [1.82, 2.24) is 20.0 Å². The van der Waals surface area contributed by atoms with Crippen molar-refractivity contribution in [3.8, 4) is 0 Å². The summed E-state index contributed by atoms with van der Waals surface area (Å²) in [6, 6.07) is 4.97. The Morgan fingerprint density at radius 3 is 2.86 bits per heavy atom. The first-order valence-corrected chi connectivity index (χ1v) is 8.29. The second-order valence-corrected chi connectivity index (χ2v) is 6.66. The lowest BCUT2D eigenvalue weighted by Crippen LogP contribution is -2.26. The summed E-state index contributed by atoms with van der Waals surface area (Å²) in [6.07, 6.45) is 3.75. The van der Waals surface area contributed by atoms with Gasteiger partial charge in [0.2, 0.25) is 10.0 Å². The van der Waals surface area contributed by atoms with E-state index in [1.807, 2.05) is 0 Å². The quantitative estimate of drug-likeness (QED) is 0.715. The van der Waals surface area contributed by atoms with Gasteiger partial charge < -0.3 is 10.3 Å². The van der Waals surface area contributed by atoms with Crippen molar-refractivity contribution in [2.24, 2.45) is 0 Å². The van der Waals surface area contributed by atoms with E-state index in [0.29, 0.717) is 13.0 Å². The average molecular weight is 329 g/mol. The lowest BCUT2D eigenvalue weighted by atomic mass is 10.2. The summed E-state index contributed by atoms with van der Waals surface area (Å²) in [6.45, 7) is 0.852. The molecule has 0 radical (unpaired) electrons. The second-order valence-electron chi connectivity index (χ2n) is 4.52. The fourth-order valence-corrected chi connectivity index (χ4v) is 3.47. The molecule has 2 aromatic rings. The first-order chi connectivity index (χ1) is 10.0. The molecule has 1 aromatic heterocycles. The molecule has 0 unspecified atom stereocenters. The third-order valence-corrected chi connectivity index (χ3v) is 4.85. The van der Waals surface area contributed by atoms with E-state index < -0.39 is 10.0 Å². The molecule has 0 aliphatic heterocycles. The van der Waals surface area contributed by atoms with E-state index in [-0.39, 0.29) is 16.5 Å². The monoisotopic (exact) mass is 328 g/mol. The predicted octanol–water partition coefficient (Wildman–Crippen LogP) is 1.30. The van der Waals surface area contributed by atoms with Gasteiger partial charge in [0.25, 0.3) is 0 Å². The van der Waals surface area contributed by atoms with Crippen molar-refractivity contribution in [3.63, 3.8) is 0 Å². The Hall–Kier alpha value is -1.41. The minimum Gasteiger partial charge on any atom is -0.348 e. The molecule has 1 heterocycles. The van der Waals surface area contributed by atoms with Gasteiger partial charge in [-0.15, -0.1) is 0 Å². The van der Waals surface area contributed by atoms with Crippen LogP contribution in [0.5, 0.6) is 0 Å². The summed E-state index contributed by atoms with van der Waals surface area (Å²) in [5.41, 5.74) is 1.73. The maximum absolute atomic E-state index is 12.3. The molecule has 114 valence electrons. The Morgan fingerprint density at radius 1 is 1.38 bits per heavy atom. The number of nitrogens with zero attached hydrogens (tertiary/aromatic N) is 1. The van der Waals surface area contributed by atoms with Crippen LogP contribution in [0.25, 0.3) is 0 Å². The highest BCUT2D eigenvalue weighted by atomic mass is 35.5. The molecule has 0 saturated carbocycles. The number of imidazole rings is 1. The molecule has 6 nitrogen and oxygen atoms in total. The minimum absolute atomic E-state index is 0.0986. The molecule has 0 aliphatic rings. The maximum atomic E-state index is 12.3. The Balaban J connectivity index is 2.09. The molecule has 8 heteroatoms. The van der Waals surface area contributed by atoms with Crippen molar-refractivity contribution in [1.29, 1.82) is 0 Å². The minimum atomic E-state index is -3.63. The molecule has 0 bridgehead atoms. The molecule has 0 amide bonds. The summed E-state index contributed by atoms with van der Waals surface area (Å²) < 4.78 is 27.1. The number of sulfonamides is 1. The lowest BCUT2D eigenvalue weighted by Gasteiger charge is -2.10. The number of H-pyrrole nitrogens is 1. The van der Waals surface area contributed by atoms with Gasteiger partial charge in [0.1, 0.15) is 4.90 Å². The largest absolute Gasteiger partial charge is 0.348 e. The van der Waals surface area contributed by atoms with Crippen LogP contribution in [-0.4, -0.2) is 32.0 Å². The van der Waals surface area contributed by atoms with E-state index >= 15 is 0 Å². The van der Waals surface area contributed by atoms with Crippen LogP contribution in [0.15, 0.2) is 35.6 Å². The first kappa shape index (κ1) is 16.0. The highest BCUT2D eigenvalue weighted by Crippen LogP contribution is 2.22. The number of hydrogen-bond donors (Lipinski definition) is 3. The van der Waals surface area contributed by atoms with E-state index in [2.05, 4.69) is 20.0 Å². The molecule has 0 spiro atoms. The van der Waals surface area contributed by atoms with E-state index in [1.54, 1.807) is 37.8 Å².